The summed E-state index contributed by atoms with van der Waals surface area (Å²) in [4.78, 5) is 24.5. The van der Waals surface area contributed by atoms with Crippen molar-refractivity contribution in [1.82, 2.24) is 25.3 Å². The monoisotopic (exact) mass is 387 g/mol. The van der Waals surface area contributed by atoms with Crippen molar-refractivity contribution in [2.45, 2.75) is 26.9 Å². The molecule has 0 saturated heterocycles. The van der Waals surface area contributed by atoms with Gasteiger partial charge in [0.05, 0.1) is 17.6 Å². The van der Waals surface area contributed by atoms with E-state index in [1.165, 1.54) is 0 Å². The van der Waals surface area contributed by atoms with Crippen LogP contribution >= 0.6 is 0 Å². The average molecular weight is 387 g/mol. The number of nitrogens with zero attached hydrogens (tertiary/aromatic N) is 3. The van der Waals surface area contributed by atoms with Crippen LogP contribution in [0.4, 0.5) is 0 Å². The number of aryl methyl sites for hydroxylation is 2. The second kappa shape index (κ2) is 7.71. The van der Waals surface area contributed by atoms with Crippen molar-refractivity contribution in [1.29, 1.82) is 0 Å². The highest BCUT2D eigenvalue weighted by atomic mass is 16.2. The first-order chi connectivity index (χ1) is 14.0. The van der Waals surface area contributed by atoms with E-state index in [1.54, 1.807) is 24.3 Å². The molecule has 4 aromatic rings. The summed E-state index contributed by atoms with van der Waals surface area (Å²) in [5, 5.41) is 14.7. The fraction of sp³-hybridized carbons (Fsp3) is 0.182. The van der Waals surface area contributed by atoms with E-state index in [2.05, 4.69) is 26.7 Å². The number of aromatic amines is 1. The largest absolute Gasteiger partial charge is 0.347 e. The molecule has 0 fully saturated rings. The molecule has 2 aromatic carbocycles. The standard InChI is InChI=1S/C22H21N5O2/c1-14-10-15(2)27(26-14)13-17-7-5-6-16(11-17)12-23-22(29)20-18-8-3-4-9-19(18)21(28)25-24-20/h3-11H,12-13H2,1-2H3,(H,23,29)(H,25,28). The zero-order valence-electron chi connectivity index (χ0n) is 16.3. The summed E-state index contributed by atoms with van der Waals surface area (Å²) in [6, 6.07) is 17.0. The third kappa shape index (κ3) is 3.94. The van der Waals surface area contributed by atoms with Gasteiger partial charge in [-0.1, -0.05) is 42.5 Å². The van der Waals surface area contributed by atoms with Gasteiger partial charge < -0.3 is 5.32 Å². The van der Waals surface area contributed by atoms with E-state index in [4.69, 9.17) is 0 Å². The van der Waals surface area contributed by atoms with E-state index in [1.807, 2.05) is 42.8 Å². The summed E-state index contributed by atoms with van der Waals surface area (Å²) in [5.41, 5.74) is 4.08. The number of rotatable bonds is 5. The summed E-state index contributed by atoms with van der Waals surface area (Å²) in [5.74, 6) is -0.332. The lowest BCUT2D eigenvalue weighted by Crippen LogP contribution is -2.26. The third-order valence-electron chi connectivity index (χ3n) is 4.79. The van der Waals surface area contributed by atoms with Crippen molar-refractivity contribution in [2.24, 2.45) is 0 Å². The van der Waals surface area contributed by atoms with E-state index in [-0.39, 0.29) is 17.2 Å². The van der Waals surface area contributed by atoms with Crippen LogP contribution in [-0.4, -0.2) is 25.9 Å². The van der Waals surface area contributed by atoms with Crippen molar-refractivity contribution >= 4 is 16.7 Å². The number of hydrogen-bond donors (Lipinski definition) is 2. The zero-order chi connectivity index (χ0) is 20.4. The lowest BCUT2D eigenvalue weighted by Gasteiger charge is -2.09. The number of nitrogens with one attached hydrogen (secondary N) is 2. The highest BCUT2D eigenvalue weighted by Crippen LogP contribution is 2.13. The number of benzene rings is 2. The molecule has 4 rings (SSSR count). The molecule has 2 aromatic heterocycles. The second-order valence-electron chi connectivity index (χ2n) is 7.03. The number of amides is 1. The predicted molar refractivity (Wildman–Crippen MR) is 111 cm³/mol. The molecule has 0 bridgehead atoms. The molecule has 2 heterocycles. The van der Waals surface area contributed by atoms with Gasteiger partial charge in [0, 0.05) is 17.6 Å². The van der Waals surface area contributed by atoms with Gasteiger partial charge in [0.2, 0.25) is 0 Å². The Morgan fingerprint density at radius 2 is 1.79 bits per heavy atom. The molecule has 7 heteroatoms. The molecule has 0 aliphatic carbocycles. The number of H-pyrrole nitrogens is 1. The maximum Gasteiger partial charge on any atom is 0.272 e. The quantitative estimate of drug-likeness (QED) is 0.551. The van der Waals surface area contributed by atoms with Crippen LogP contribution in [0.5, 0.6) is 0 Å². The number of aromatic nitrogens is 4. The van der Waals surface area contributed by atoms with Crippen LogP contribution in [-0.2, 0) is 13.1 Å². The molecule has 0 saturated carbocycles. The molecule has 0 unspecified atom stereocenters. The lowest BCUT2D eigenvalue weighted by molar-refractivity contribution is 0.0946. The molecule has 0 aliphatic heterocycles. The van der Waals surface area contributed by atoms with Gasteiger partial charge in [0.1, 0.15) is 0 Å². The van der Waals surface area contributed by atoms with Gasteiger partial charge in [-0.25, -0.2) is 5.10 Å². The topological polar surface area (TPSA) is 92.7 Å². The maximum atomic E-state index is 12.7. The molecule has 1 amide bonds. The Bertz CT molecular complexity index is 1260. The fourth-order valence-electron chi connectivity index (χ4n) is 3.40. The Hall–Kier alpha value is -3.74. The highest BCUT2D eigenvalue weighted by molar-refractivity contribution is 6.04. The van der Waals surface area contributed by atoms with Crippen molar-refractivity contribution < 1.29 is 4.79 Å². The minimum Gasteiger partial charge on any atom is -0.347 e. The Balaban J connectivity index is 1.50. The van der Waals surface area contributed by atoms with Gasteiger partial charge >= 0.3 is 0 Å². The van der Waals surface area contributed by atoms with Gasteiger partial charge in [-0.3, -0.25) is 14.3 Å². The smallest absolute Gasteiger partial charge is 0.272 e. The maximum absolute atomic E-state index is 12.7. The molecular weight excluding hydrogens is 366 g/mol. The minimum absolute atomic E-state index is 0.207. The predicted octanol–water partition coefficient (Wildman–Crippen LogP) is 2.71. The van der Waals surface area contributed by atoms with Crippen molar-refractivity contribution in [3.05, 3.63) is 93.2 Å². The number of hydrogen-bond acceptors (Lipinski definition) is 4. The van der Waals surface area contributed by atoms with Crippen LogP contribution in [0, 0.1) is 13.8 Å². The van der Waals surface area contributed by atoms with Gasteiger partial charge in [-0.05, 0) is 37.1 Å². The SMILES string of the molecule is Cc1cc(C)n(Cc2cccc(CNC(=O)c3n[nH]c(=O)c4ccccc34)c2)n1. The highest BCUT2D eigenvalue weighted by Gasteiger charge is 2.13. The first-order valence-corrected chi connectivity index (χ1v) is 9.36. The second-order valence-corrected chi connectivity index (χ2v) is 7.03. The normalized spacial score (nSPS) is 11.0. The average Bonchev–Trinajstić information content (AvgIpc) is 3.03. The van der Waals surface area contributed by atoms with Crippen LogP contribution in [0.3, 0.4) is 0 Å². The van der Waals surface area contributed by atoms with Crippen LogP contribution in [0.1, 0.15) is 33.0 Å². The zero-order valence-corrected chi connectivity index (χ0v) is 16.3. The lowest BCUT2D eigenvalue weighted by atomic mass is 10.1. The van der Waals surface area contributed by atoms with Crippen molar-refractivity contribution in [2.75, 3.05) is 0 Å². The molecule has 0 radical (unpaired) electrons. The minimum atomic E-state index is -0.332. The molecule has 2 N–H and O–H groups in total. The first kappa shape index (κ1) is 18.6. The Kier molecular flexibility index (Phi) is 4.95. The van der Waals surface area contributed by atoms with Gasteiger partial charge in [-0.2, -0.15) is 10.2 Å². The first-order valence-electron chi connectivity index (χ1n) is 9.36. The van der Waals surface area contributed by atoms with E-state index in [0.29, 0.717) is 23.9 Å². The number of carbonyl (C=O) groups is 1. The van der Waals surface area contributed by atoms with E-state index in [9.17, 15) is 9.59 Å². The molecule has 0 aliphatic rings. The summed E-state index contributed by atoms with van der Waals surface area (Å²) in [7, 11) is 0. The van der Waals surface area contributed by atoms with E-state index < -0.39 is 0 Å². The molecule has 29 heavy (non-hydrogen) atoms. The summed E-state index contributed by atoms with van der Waals surface area (Å²) >= 11 is 0. The molecule has 0 spiro atoms. The van der Waals surface area contributed by atoms with Crippen LogP contribution in [0.25, 0.3) is 10.8 Å². The molecule has 146 valence electrons. The van der Waals surface area contributed by atoms with Crippen LogP contribution < -0.4 is 10.9 Å². The molecule has 7 nitrogen and oxygen atoms in total. The molecule has 0 atom stereocenters. The van der Waals surface area contributed by atoms with Crippen molar-refractivity contribution in [3.8, 4) is 0 Å². The fourth-order valence-corrected chi connectivity index (χ4v) is 3.40. The van der Waals surface area contributed by atoms with E-state index >= 15 is 0 Å². The van der Waals surface area contributed by atoms with Crippen LogP contribution in [0.2, 0.25) is 0 Å². The summed E-state index contributed by atoms with van der Waals surface area (Å²) in [6.45, 7) is 5.04. The summed E-state index contributed by atoms with van der Waals surface area (Å²) in [6.07, 6.45) is 0. The summed E-state index contributed by atoms with van der Waals surface area (Å²) < 4.78 is 1.96. The molecular formula is C22H21N5O2. The Morgan fingerprint density at radius 3 is 2.55 bits per heavy atom. The number of carbonyl (C=O) groups excluding carboxylic acids is 1. The van der Waals surface area contributed by atoms with E-state index in [0.717, 1.165) is 22.5 Å². The van der Waals surface area contributed by atoms with Crippen LogP contribution in [0.15, 0.2) is 59.4 Å². The van der Waals surface area contributed by atoms with Crippen molar-refractivity contribution in [3.63, 3.8) is 0 Å². The Morgan fingerprint density at radius 1 is 1.03 bits per heavy atom. The van der Waals surface area contributed by atoms with Gasteiger partial charge in [0.15, 0.2) is 5.69 Å². The Labute approximate surface area is 167 Å². The third-order valence-corrected chi connectivity index (χ3v) is 4.79. The van der Waals surface area contributed by atoms with Gasteiger partial charge in [-0.15, -0.1) is 0 Å². The number of fused-ring (bicyclic) bond motifs is 1. The van der Waals surface area contributed by atoms with Gasteiger partial charge in [0.25, 0.3) is 11.5 Å².